The van der Waals surface area contributed by atoms with Crippen molar-refractivity contribution in [3.8, 4) is 0 Å². The van der Waals surface area contributed by atoms with Gasteiger partial charge in [0.05, 0.1) is 11.9 Å². The van der Waals surface area contributed by atoms with E-state index in [-0.39, 0.29) is 6.61 Å². The highest BCUT2D eigenvalue weighted by molar-refractivity contribution is 5.68. The molecule has 2 rings (SSSR count). The summed E-state index contributed by atoms with van der Waals surface area (Å²) in [6.07, 6.45) is 3.29. The molecular weight excluding hydrogens is 168 g/mol. The summed E-state index contributed by atoms with van der Waals surface area (Å²) in [4.78, 5) is 16.8. The van der Waals surface area contributed by atoms with Gasteiger partial charge in [0.15, 0.2) is 5.65 Å². The average molecular weight is 176 g/mol. The van der Waals surface area contributed by atoms with E-state index in [1.165, 1.54) is 0 Å². The summed E-state index contributed by atoms with van der Waals surface area (Å²) in [6.45, 7) is 0.250. The summed E-state index contributed by atoms with van der Waals surface area (Å²) in [5.41, 5.74) is 2.05. The summed E-state index contributed by atoms with van der Waals surface area (Å²) >= 11 is 0. The van der Waals surface area contributed by atoms with Gasteiger partial charge >= 0.3 is 0 Å². The molecule has 2 aromatic rings. The van der Waals surface area contributed by atoms with E-state index in [0.29, 0.717) is 11.3 Å². The summed E-state index contributed by atoms with van der Waals surface area (Å²) < 4.78 is 0. The van der Waals surface area contributed by atoms with Crippen molar-refractivity contribution < 1.29 is 4.84 Å². The molecular formula is C8H8N4O. The smallest absolute Gasteiger partial charge is 0.178 e. The lowest BCUT2D eigenvalue weighted by molar-refractivity contribution is 0.121. The van der Waals surface area contributed by atoms with Crippen LogP contribution in [0.25, 0.3) is 11.2 Å². The third kappa shape index (κ3) is 1.61. The van der Waals surface area contributed by atoms with Crippen LogP contribution in [0.5, 0.6) is 0 Å². The molecule has 0 aromatic carbocycles. The van der Waals surface area contributed by atoms with E-state index in [1.807, 2.05) is 12.1 Å². The maximum absolute atomic E-state index is 4.92. The molecule has 0 unspecified atom stereocenters. The van der Waals surface area contributed by atoms with Crippen molar-refractivity contribution in [2.75, 3.05) is 0 Å². The second kappa shape index (κ2) is 3.42. The number of rotatable bonds is 2. The Hall–Kier alpha value is -1.59. The van der Waals surface area contributed by atoms with Crippen LogP contribution < -0.4 is 5.90 Å². The molecule has 5 nitrogen and oxygen atoms in total. The van der Waals surface area contributed by atoms with Gasteiger partial charge in [0.25, 0.3) is 0 Å². The fourth-order valence-corrected chi connectivity index (χ4v) is 1.04. The summed E-state index contributed by atoms with van der Waals surface area (Å²) in [5, 5.41) is 0. The number of nitrogens with two attached hydrogens (primary N) is 1. The average Bonchev–Trinajstić information content (AvgIpc) is 2.18. The molecule has 2 heterocycles. The summed E-state index contributed by atoms with van der Waals surface area (Å²) in [7, 11) is 0. The van der Waals surface area contributed by atoms with Crippen LogP contribution in [0, 0.1) is 0 Å². The highest BCUT2D eigenvalue weighted by Crippen LogP contribution is 2.05. The van der Waals surface area contributed by atoms with Crippen molar-refractivity contribution in [1.82, 2.24) is 15.0 Å². The van der Waals surface area contributed by atoms with Crippen molar-refractivity contribution in [3.05, 3.63) is 30.2 Å². The van der Waals surface area contributed by atoms with Crippen molar-refractivity contribution in [3.63, 3.8) is 0 Å². The SMILES string of the molecule is NOCc1cnc2cccnc2n1. The van der Waals surface area contributed by atoms with Gasteiger partial charge < -0.3 is 0 Å². The maximum atomic E-state index is 4.92. The predicted molar refractivity (Wildman–Crippen MR) is 46.3 cm³/mol. The molecule has 13 heavy (non-hydrogen) atoms. The third-order valence-corrected chi connectivity index (χ3v) is 1.60. The second-order valence-corrected chi connectivity index (χ2v) is 2.52. The Morgan fingerprint density at radius 2 is 2.31 bits per heavy atom. The molecule has 0 amide bonds. The van der Waals surface area contributed by atoms with E-state index < -0.39 is 0 Å². The number of hydrogen-bond acceptors (Lipinski definition) is 5. The second-order valence-electron chi connectivity index (χ2n) is 2.52. The van der Waals surface area contributed by atoms with Gasteiger partial charge in [-0.05, 0) is 12.1 Å². The topological polar surface area (TPSA) is 73.9 Å². The molecule has 2 aromatic heterocycles. The highest BCUT2D eigenvalue weighted by Gasteiger charge is 1.98. The van der Waals surface area contributed by atoms with Crippen molar-refractivity contribution >= 4 is 11.2 Å². The predicted octanol–water partition coefficient (Wildman–Crippen LogP) is 0.415. The van der Waals surface area contributed by atoms with Gasteiger partial charge in [0.2, 0.25) is 0 Å². The fourth-order valence-electron chi connectivity index (χ4n) is 1.04. The van der Waals surface area contributed by atoms with Gasteiger partial charge in [0, 0.05) is 6.20 Å². The summed E-state index contributed by atoms with van der Waals surface area (Å²) in [5.74, 6) is 4.92. The van der Waals surface area contributed by atoms with Crippen LogP contribution in [0.1, 0.15) is 5.69 Å². The molecule has 0 fully saturated rings. The van der Waals surface area contributed by atoms with Crippen LogP contribution in [0.3, 0.4) is 0 Å². The first-order valence-corrected chi connectivity index (χ1v) is 3.78. The van der Waals surface area contributed by atoms with Crippen LogP contribution in [0.2, 0.25) is 0 Å². The number of aromatic nitrogens is 3. The number of hydrogen-bond donors (Lipinski definition) is 1. The fraction of sp³-hybridized carbons (Fsp3) is 0.125. The van der Waals surface area contributed by atoms with Crippen LogP contribution in [-0.2, 0) is 11.4 Å². The van der Waals surface area contributed by atoms with Crippen LogP contribution >= 0.6 is 0 Å². The molecule has 0 atom stereocenters. The number of nitrogens with zero attached hydrogens (tertiary/aromatic N) is 3. The van der Waals surface area contributed by atoms with E-state index in [1.54, 1.807) is 12.4 Å². The standard InChI is InChI=1S/C8H8N4O/c9-13-5-6-4-11-7-2-1-3-10-8(7)12-6/h1-4H,5,9H2. The molecule has 0 saturated heterocycles. The lowest BCUT2D eigenvalue weighted by Crippen LogP contribution is -2.02. The molecule has 2 N–H and O–H groups in total. The molecule has 66 valence electrons. The highest BCUT2D eigenvalue weighted by atomic mass is 16.6. The van der Waals surface area contributed by atoms with E-state index in [9.17, 15) is 0 Å². The monoisotopic (exact) mass is 176 g/mol. The molecule has 0 aliphatic carbocycles. The van der Waals surface area contributed by atoms with Gasteiger partial charge in [-0.2, -0.15) is 0 Å². The van der Waals surface area contributed by atoms with E-state index in [0.717, 1.165) is 5.52 Å². The molecule has 0 spiro atoms. The molecule has 0 aliphatic rings. The quantitative estimate of drug-likeness (QED) is 0.671. The Labute approximate surface area is 74.5 Å². The van der Waals surface area contributed by atoms with E-state index in [4.69, 9.17) is 5.90 Å². The van der Waals surface area contributed by atoms with Crippen LogP contribution in [-0.4, -0.2) is 15.0 Å². The van der Waals surface area contributed by atoms with Crippen molar-refractivity contribution in [2.45, 2.75) is 6.61 Å². The largest absolute Gasteiger partial charge is 0.298 e. The minimum absolute atomic E-state index is 0.250. The van der Waals surface area contributed by atoms with E-state index >= 15 is 0 Å². The Bertz CT molecular complexity index is 418. The Kier molecular flexibility index (Phi) is 2.11. The lowest BCUT2D eigenvalue weighted by Gasteiger charge is -1.98. The van der Waals surface area contributed by atoms with Crippen molar-refractivity contribution in [2.24, 2.45) is 5.90 Å². The third-order valence-electron chi connectivity index (χ3n) is 1.60. The number of pyridine rings is 1. The molecule has 0 bridgehead atoms. The first kappa shape index (κ1) is 8.03. The van der Waals surface area contributed by atoms with E-state index in [2.05, 4.69) is 19.8 Å². The first-order chi connectivity index (χ1) is 6.40. The zero-order valence-corrected chi connectivity index (χ0v) is 6.84. The zero-order chi connectivity index (χ0) is 9.10. The van der Waals surface area contributed by atoms with Gasteiger partial charge in [-0.15, -0.1) is 0 Å². The lowest BCUT2D eigenvalue weighted by atomic mass is 10.4. The molecule has 0 radical (unpaired) electrons. The Balaban J connectivity index is 2.49. The Morgan fingerprint density at radius 1 is 1.38 bits per heavy atom. The zero-order valence-electron chi connectivity index (χ0n) is 6.84. The van der Waals surface area contributed by atoms with Crippen LogP contribution in [0.15, 0.2) is 24.5 Å². The van der Waals surface area contributed by atoms with Gasteiger partial charge in [0.1, 0.15) is 12.1 Å². The normalized spacial score (nSPS) is 10.5. The minimum atomic E-state index is 0.250. The maximum Gasteiger partial charge on any atom is 0.178 e. The van der Waals surface area contributed by atoms with Crippen molar-refractivity contribution in [1.29, 1.82) is 0 Å². The molecule has 0 aliphatic heterocycles. The molecule has 5 heteroatoms. The minimum Gasteiger partial charge on any atom is -0.298 e. The van der Waals surface area contributed by atoms with Gasteiger partial charge in [-0.1, -0.05) is 0 Å². The van der Waals surface area contributed by atoms with Gasteiger partial charge in [-0.25, -0.2) is 15.9 Å². The first-order valence-electron chi connectivity index (χ1n) is 3.78. The van der Waals surface area contributed by atoms with Crippen LogP contribution in [0.4, 0.5) is 0 Å². The summed E-state index contributed by atoms with van der Waals surface area (Å²) in [6, 6.07) is 3.67. The molecule has 0 saturated carbocycles. The number of fused-ring (bicyclic) bond motifs is 1. The van der Waals surface area contributed by atoms with Gasteiger partial charge in [-0.3, -0.25) is 9.82 Å². The Morgan fingerprint density at radius 3 is 3.15 bits per heavy atom.